The van der Waals surface area contributed by atoms with E-state index in [1.807, 2.05) is 0 Å². The maximum Gasteiger partial charge on any atom is 0.313 e. The van der Waals surface area contributed by atoms with Crippen LogP contribution in [0.3, 0.4) is 0 Å². The first kappa shape index (κ1) is 14.9. The Kier molecular flexibility index (Phi) is 4.37. The maximum absolute atomic E-state index is 11.0. The van der Waals surface area contributed by atoms with Crippen LogP contribution in [0.5, 0.6) is 11.5 Å². The molecule has 2 N–H and O–H groups in total. The monoisotopic (exact) mass is 376 g/mol. The van der Waals surface area contributed by atoms with Gasteiger partial charge in [0.15, 0.2) is 0 Å². The van der Waals surface area contributed by atoms with Crippen molar-refractivity contribution in [1.82, 2.24) is 0 Å². The van der Waals surface area contributed by atoms with Crippen molar-refractivity contribution in [3.05, 3.63) is 55.0 Å². The van der Waals surface area contributed by atoms with Gasteiger partial charge in [0.05, 0.1) is 10.6 Å². The zero-order valence-electron chi connectivity index (χ0n) is 9.77. The summed E-state index contributed by atoms with van der Waals surface area (Å²) in [5.41, 5.74) is 5.54. The second-order valence-electron chi connectivity index (χ2n) is 3.78. The Bertz CT molecular complexity index is 674. The van der Waals surface area contributed by atoms with Crippen molar-refractivity contribution in [3.63, 3.8) is 0 Å². The summed E-state index contributed by atoms with van der Waals surface area (Å²) >= 11 is 15.1. The first-order valence-electron chi connectivity index (χ1n) is 5.25. The fourth-order valence-electron chi connectivity index (χ4n) is 1.51. The standard InChI is InChI=1S/C12H7BrCl2N2O3/c13-6-3-7(14)5-8(4-6)20-12-10(17(18)19)2-1-9(16)11(12)15/h1-5H,16H2. The topological polar surface area (TPSA) is 78.4 Å². The number of nitro benzene ring substituents is 1. The number of halogens is 3. The molecule has 0 unspecified atom stereocenters. The van der Waals surface area contributed by atoms with Gasteiger partial charge in [-0.3, -0.25) is 10.1 Å². The second kappa shape index (κ2) is 5.87. The second-order valence-corrected chi connectivity index (χ2v) is 5.51. The molecule has 0 bridgehead atoms. The van der Waals surface area contributed by atoms with Crippen molar-refractivity contribution in [2.24, 2.45) is 0 Å². The van der Waals surface area contributed by atoms with Crippen LogP contribution in [-0.4, -0.2) is 4.92 Å². The predicted molar refractivity (Wildman–Crippen MR) is 81.7 cm³/mol. The van der Waals surface area contributed by atoms with Gasteiger partial charge in [0.1, 0.15) is 10.8 Å². The molecule has 104 valence electrons. The van der Waals surface area contributed by atoms with Crippen molar-refractivity contribution in [3.8, 4) is 11.5 Å². The number of nitro groups is 1. The van der Waals surface area contributed by atoms with E-state index < -0.39 is 4.92 Å². The summed E-state index contributed by atoms with van der Waals surface area (Å²) in [4.78, 5) is 10.4. The Morgan fingerprint density at radius 3 is 2.55 bits per heavy atom. The van der Waals surface area contributed by atoms with Gasteiger partial charge in [0.25, 0.3) is 0 Å². The van der Waals surface area contributed by atoms with Crippen LogP contribution in [0.2, 0.25) is 10.0 Å². The third-order valence-electron chi connectivity index (χ3n) is 2.36. The highest BCUT2D eigenvalue weighted by molar-refractivity contribution is 9.10. The van der Waals surface area contributed by atoms with Crippen molar-refractivity contribution in [2.75, 3.05) is 5.73 Å². The molecule has 5 nitrogen and oxygen atoms in total. The van der Waals surface area contributed by atoms with Crippen LogP contribution in [0.4, 0.5) is 11.4 Å². The van der Waals surface area contributed by atoms with Crippen LogP contribution < -0.4 is 10.5 Å². The number of anilines is 1. The van der Waals surface area contributed by atoms with Gasteiger partial charge in [-0.25, -0.2) is 0 Å². The van der Waals surface area contributed by atoms with Gasteiger partial charge in [0.2, 0.25) is 5.75 Å². The number of ether oxygens (including phenoxy) is 1. The van der Waals surface area contributed by atoms with Gasteiger partial charge in [-0.15, -0.1) is 0 Å². The summed E-state index contributed by atoms with van der Waals surface area (Å²) in [5.74, 6) is 0.186. The van der Waals surface area contributed by atoms with Crippen LogP contribution in [0.25, 0.3) is 0 Å². The summed E-state index contributed by atoms with van der Waals surface area (Å²) < 4.78 is 6.15. The highest BCUT2D eigenvalue weighted by Gasteiger charge is 2.21. The Balaban J connectivity index is 2.52. The number of nitrogens with zero attached hydrogens (tertiary/aromatic N) is 1. The third kappa shape index (κ3) is 3.15. The van der Waals surface area contributed by atoms with E-state index in [2.05, 4.69) is 15.9 Å². The van der Waals surface area contributed by atoms with E-state index in [9.17, 15) is 10.1 Å². The van der Waals surface area contributed by atoms with Crippen LogP contribution in [0, 0.1) is 10.1 Å². The fourth-order valence-corrected chi connectivity index (χ4v) is 2.53. The van der Waals surface area contributed by atoms with E-state index in [1.165, 1.54) is 18.2 Å². The molecule has 2 aromatic carbocycles. The van der Waals surface area contributed by atoms with Crippen molar-refractivity contribution >= 4 is 50.5 Å². The number of benzene rings is 2. The van der Waals surface area contributed by atoms with E-state index >= 15 is 0 Å². The van der Waals surface area contributed by atoms with Crippen molar-refractivity contribution in [2.45, 2.75) is 0 Å². The Labute approximate surface area is 132 Å². The maximum atomic E-state index is 11.0. The van der Waals surface area contributed by atoms with E-state index in [0.29, 0.717) is 15.2 Å². The SMILES string of the molecule is Nc1ccc([N+](=O)[O-])c(Oc2cc(Cl)cc(Br)c2)c1Cl. The number of nitrogen functional groups attached to an aromatic ring is 1. The lowest BCUT2D eigenvalue weighted by Crippen LogP contribution is -1.97. The minimum absolute atomic E-state index is 0.0182. The van der Waals surface area contributed by atoms with E-state index in [4.69, 9.17) is 33.7 Å². The molecule has 20 heavy (non-hydrogen) atoms. The summed E-state index contributed by atoms with van der Waals surface area (Å²) in [5, 5.41) is 11.4. The van der Waals surface area contributed by atoms with Gasteiger partial charge in [-0.2, -0.15) is 0 Å². The molecule has 0 saturated carbocycles. The number of nitrogens with two attached hydrogens (primary N) is 1. The fraction of sp³-hybridized carbons (Fsp3) is 0. The van der Waals surface area contributed by atoms with Crippen molar-refractivity contribution in [1.29, 1.82) is 0 Å². The zero-order valence-corrected chi connectivity index (χ0v) is 12.9. The van der Waals surface area contributed by atoms with Gasteiger partial charge in [-0.1, -0.05) is 39.1 Å². The van der Waals surface area contributed by atoms with Crippen molar-refractivity contribution < 1.29 is 9.66 Å². The minimum atomic E-state index is -0.597. The molecule has 0 atom stereocenters. The van der Waals surface area contributed by atoms with E-state index in [-0.39, 0.29) is 22.1 Å². The summed E-state index contributed by atoms with van der Waals surface area (Å²) in [6.07, 6.45) is 0. The Hall–Kier alpha value is -1.50. The van der Waals surface area contributed by atoms with E-state index in [0.717, 1.165) is 0 Å². The minimum Gasteiger partial charge on any atom is -0.448 e. The zero-order chi connectivity index (χ0) is 14.9. The average Bonchev–Trinajstić information content (AvgIpc) is 2.33. The molecule has 0 aromatic heterocycles. The van der Waals surface area contributed by atoms with Gasteiger partial charge in [0, 0.05) is 15.6 Å². The van der Waals surface area contributed by atoms with E-state index in [1.54, 1.807) is 12.1 Å². The third-order valence-corrected chi connectivity index (χ3v) is 3.42. The van der Waals surface area contributed by atoms with Crippen LogP contribution in [-0.2, 0) is 0 Å². The first-order valence-corrected chi connectivity index (χ1v) is 6.79. The Morgan fingerprint density at radius 2 is 1.95 bits per heavy atom. The summed E-state index contributed by atoms with van der Waals surface area (Å²) in [6.45, 7) is 0. The smallest absolute Gasteiger partial charge is 0.313 e. The molecule has 0 aliphatic rings. The lowest BCUT2D eigenvalue weighted by Gasteiger charge is -2.10. The normalized spacial score (nSPS) is 10.3. The predicted octanol–water partition coefficient (Wildman–Crippen LogP) is 5.04. The summed E-state index contributed by atoms with van der Waals surface area (Å²) in [6, 6.07) is 7.35. The Morgan fingerprint density at radius 1 is 1.25 bits per heavy atom. The largest absolute Gasteiger partial charge is 0.448 e. The number of rotatable bonds is 3. The molecule has 0 saturated heterocycles. The first-order chi connectivity index (χ1) is 9.38. The molecule has 0 aliphatic carbocycles. The lowest BCUT2D eigenvalue weighted by atomic mass is 10.2. The summed E-state index contributed by atoms with van der Waals surface area (Å²) in [7, 11) is 0. The average molecular weight is 378 g/mol. The molecule has 2 aromatic rings. The molecule has 0 amide bonds. The molecule has 8 heteroatoms. The number of hydrogen-bond acceptors (Lipinski definition) is 4. The lowest BCUT2D eigenvalue weighted by molar-refractivity contribution is -0.385. The van der Waals surface area contributed by atoms with Crippen LogP contribution in [0.1, 0.15) is 0 Å². The quantitative estimate of drug-likeness (QED) is 0.461. The van der Waals surface area contributed by atoms with Crippen LogP contribution >= 0.6 is 39.1 Å². The number of hydrogen-bond donors (Lipinski definition) is 1. The van der Waals surface area contributed by atoms with Gasteiger partial charge < -0.3 is 10.5 Å². The molecular weight excluding hydrogens is 371 g/mol. The van der Waals surface area contributed by atoms with Gasteiger partial charge >= 0.3 is 5.69 Å². The molecule has 0 aliphatic heterocycles. The highest BCUT2D eigenvalue weighted by Crippen LogP contribution is 2.42. The molecular formula is C12H7BrCl2N2O3. The highest BCUT2D eigenvalue weighted by atomic mass is 79.9. The molecule has 0 radical (unpaired) electrons. The molecule has 0 heterocycles. The molecule has 0 fully saturated rings. The molecule has 2 rings (SSSR count). The van der Waals surface area contributed by atoms with Gasteiger partial charge in [-0.05, 0) is 24.3 Å². The van der Waals surface area contributed by atoms with Crippen LogP contribution in [0.15, 0.2) is 34.8 Å². The molecule has 0 spiro atoms.